The van der Waals surface area contributed by atoms with Crippen LogP contribution in [0.5, 0.6) is 0 Å². The number of hydrogen-bond donors (Lipinski definition) is 0. The van der Waals surface area contributed by atoms with Gasteiger partial charge in [0.05, 0.1) is 4.92 Å². The molecule has 4 rings (SSSR count). The van der Waals surface area contributed by atoms with Crippen molar-refractivity contribution in [2.24, 2.45) is 0 Å². The lowest BCUT2D eigenvalue weighted by Gasteiger charge is -2.36. The monoisotopic (exact) mass is 508 g/mol. The minimum absolute atomic E-state index is 0.0833. The second kappa shape index (κ2) is 11.5. The van der Waals surface area contributed by atoms with Gasteiger partial charge in [0.25, 0.3) is 5.69 Å². The summed E-state index contributed by atoms with van der Waals surface area (Å²) in [4.78, 5) is 34.4. The van der Waals surface area contributed by atoms with E-state index in [1.54, 1.807) is 12.1 Å². The van der Waals surface area contributed by atoms with Crippen LogP contribution in [0.15, 0.2) is 48.5 Å². The van der Waals surface area contributed by atoms with Gasteiger partial charge < -0.3 is 14.7 Å². The number of benzene rings is 2. The molecule has 1 aromatic heterocycles. The van der Waals surface area contributed by atoms with Crippen LogP contribution in [-0.2, 0) is 11.2 Å². The average Bonchev–Trinajstić information content (AvgIpc) is 3.33. The summed E-state index contributed by atoms with van der Waals surface area (Å²) in [6.45, 7) is 9.56. The average molecular weight is 509 g/mol. The van der Waals surface area contributed by atoms with Crippen LogP contribution >= 0.6 is 11.5 Å². The number of nitro groups is 1. The normalized spacial score (nSPS) is 13.8. The van der Waals surface area contributed by atoms with Crippen LogP contribution in [0.25, 0.3) is 0 Å². The Bertz CT molecular complexity index is 1170. The van der Waals surface area contributed by atoms with E-state index in [9.17, 15) is 14.9 Å². The number of carbonyl (C=O) groups is 1. The van der Waals surface area contributed by atoms with Crippen LogP contribution in [0.1, 0.15) is 37.2 Å². The van der Waals surface area contributed by atoms with E-state index in [1.807, 2.05) is 4.90 Å². The third-order valence-corrected chi connectivity index (χ3v) is 7.23. The van der Waals surface area contributed by atoms with Gasteiger partial charge in [0.15, 0.2) is 0 Å². The van der Waals surface area contributed by atoms with Gasteiger partial charge in [-0.05, 0) is 38.5 Å². The number of aromatic nitrogens is 2. The van der Waals surface area contributed by atoms with E-state index in [4.69, 9.17) is 4.98 Å². The molecule has 3 aromatic rings. The lowest BCUT2D eigenvalue weighted by atomic mass is 10.1. The molecule has 0 bridgehead atoms. The molecule has 0 spiro atoms. The number of nitrogens with zero attached hydrogens (tertiary/aromatic N) is 6. The molecule has 1 aliphatic heterocycles. The van der Waals surface area contributed by atoms with Gasteiger partial charge in [0.2, 0.25) is 11.0 Å². The lowest BCUT2D eigenvalue weighted by molar-refractivity contribution is -0.384. The Labute approximate surface area is 215 Å². The number of nitro benzene ring substituents is 1. The van der Waals surface area contributed by atoms with Crippen LogP contribution in [-0.4, -0.2) is 63.9 Å². The van der Waals surface area contributed by atoms with E-state index < -0.39 is 4.92 Å². The number of amides is 1. The summed E-state index contributed by atoms with van der Waals surface area (Å²) in [5.74, 6) is 0.937. The van der Waals surface area contributed by atoms with E-state index in [-0.39, 0.29) is 17.6 Å². The summed E-state index contributed by atoms with van der Waals surface area (Å²) in [5, 5.41) is 11.7. The van der Waals surface area contributed by atoms with Gasteiger partial charge in [-0.1, -0.05) is 29.8 Å². The number of anilines is 2. The molecule has 0 unspecified atom stereocenters. The molecular formula is C26H32N6O3S. The van der Waals surface area contributed by atoms with Gasteiger partial charge in [-0.15, -0.1) is 0 Å². The zero-order chi connectivity index (χ0) is 25.7. The van der Waals surface area contributed by atoms with Crippen LogP contribution in [0.3, 0.4) is 0 Å². The van der Waals surface area contributed by atoms with Gasteiger partial charge >= 0.3 is 0 Å². The smallest absolute Gasteiger partial charge is 0.269 e. The molecule has 1 fully saturated rings. The molecule has 9 nitrogen and oxygen atoms in total. The molecule has 0 N–H and O–H groups in total. The Morgan fingerprint density at radius 2 is 1.75 bits per heavy atom. The van der Waals surface area contributed by atoms with Crippen molar-refractivity contribution in [2.45, 2.75) is 39.7 Å². The Balaban J connectivity index is 1.29. The Hall–Kier alpha value is -3.53. The predicted molar refractivity (Wildman–Crippen MR) is 143 cm³/mol. The van der Waals surface area contributed by atoms with Crippen LogP contribution < -0.4 is 9.80 Å². The first-order chi connectivity index (χ1) is 17.3. The number of non-ortho nitro benzene ring substituents is 1. The van der Waals surface area contributed by atoms with Crippen molar-refractivity contribution < 1.29 is 9.72 Å². The Morgan fingerprint density at radius 3 is 2.36 bits per heavy atom. The van der Waals surface area contributed by atoms with Gasteiger partial charge in [-0.2, -0.15) is 4.37 Å². The number of aryl methyl sites for hydroxylation is 1. The fourth-order valence-corrected chi connectivity index (χ4v) is 5.12. The molecule has 1 amide bonds. The van der Waals surface area contributed by atoms with Crippen molar-refractivity contribution in [3.63, 3.8) is 0 Å². The molecule has 10 heteroatoms. The number of hydrogen-bond acceptors (Lipinski definition) is 8. The number of rotatable bonds is 9. The molecular weight excluding hydrogens is 476 g/mol. The first-order valence-corrected chi connectivity index (χ1v) is 13.0. The summed E-state index contributed by atoms with van der Waals surface area (Å²) >= 11 is 1.39. The molecule has 2 aromatic carbocycles. The van der Waals surface area contributed by atoms with Crippen molar-refractivity contribution in [1.29, 1.82) is 0 Å². The predicted octanol–water partition coefficient (Wildman–Crippen LogP) is 4.30. The molecule has 0 saturated carbocycles. The Kier molecular flexibility index (Phi) is 8.14. The first kappa shape index (κ1) is 25.6. The summed E-state index contributed by atoms with van der Waals surface area (Å²) in [6.07, 6.45) is 1.11. The lowest BCUT2D eigenvalue weighted by Crippen LogP contribution is -2.49. The summed E-state index contributed by atoms with van der Waals surface area (Å²) < 4.78 is 4.56. The fraction of sp³-hybridized carbons (Fsp3) is 0.423. The summed E-state index contributed by atoms with van der Waals surface area (Å²) in [6, 6.07) is 15.2. The third kappa shape index (κ3) is 6.37. The largest absolute Gasteiger partial charge is 0.368 e. The summed E-state index contributed by atoms with van der Waals surface area (Å²) in [7, 11) is 0. The maximum Gasteiger partial charge on any atom is 0.269 e. The topological polar surface area (TPSA) is 95.7 Å². The molecule has 2 heterocycles. The molecule has 0 radical (unpaired) electrons. The molecule has 1 saturated heterocycles. The standard InChI is InChI=1S/C26H32N6O3S/c1-19(2)31(26-27-24(28-36-26)18-21-6-4-20(3)5-7-21)13-12-25(33)30-16-14-29(15-17-30)22-8-10-23(11-9-22)32(34)35/h4-11,19H,12-18H2,1-3H3. The number of piperazine rings is 1. The minimum Gasteiger partial charge on any atom is -0.368 e. The number of carbonyl (C=O) groups excluding carboxylic acids is 1. The van der Waals surface area contributed by atoms with E-state index >= 15 is 0 Å². The highest BCUT2D eigenvalue weighted by atomic mass is 32.1. The van der Waals surface area contributed by atoms with Crippen molar-refractivity contribution in [2.75, 3.05) is 42.5 Å². The van der Waals surface area contributed by atoms with E-state index in [1.165, 1.54) is 34.8 Å². The first-order valence-electron chi connectivity index (χ1n) is 12.2. The quantitative estimate of drug-likeness (QED) is 0.314. The minimum atomic E-state index is -0.395. The fourth-order valence-electron chi connectivity index (χ4n) is 4.27. The van der Waals surface area contributed by atoms with Gasteiger partial charge in [-0.3, -0.25) is 14.9 Å². The SMILES string of the molecule is Cc1ccc(Cc2nsc(N(CCC(=O)N3CCN(c4ccc([N+](=O)[O-])cc4)CC3)C(C)C)n2)cc1. The van der Waals surface area contributed by atoms with Crippen LogP contribution in [0.4, 0.5) is 16.5 Å². The highest BCUT2D eigenvalue weighted by Crippen LogP contribution is 2.23. The van der Waals surface area contributed by atoms with Gasteiger partial charge in [0, 0.05) is 81.0 Å². The summed E-state index contributed by atoms with van der Waals surface area (Å²) in [5.41, 5.74) is 3.44. The highest BCUT2D eigenvalue weighted by Gasteiger charge is 2.23. The highest BCUT2D eigenvalue weighted by molar-refractivity contribution is 7.09. The van der Waals surface area contributed by atoms with Gasteiger partial charge in [-0.25, -0.2) is 4.98 Å². The zero-order valence-electron chi connectivity index (χ0n) is 21.0. The van der Waals surface area contributed by atoms with E-state index in [0.717, 1.165) is 16.6 Å². The Morgan fingerprint density at radius 1 is 1.08 bits per heavy atom. The second-order valence-corrected chi connectivity index (χ2v) is 10.1. The van der Waals surface area contributed by atoms with Crippen molar-refractivity contribution >= 4 is 33.9 Å². The van der Waals surface area contributed by atoms with E-state index in [2.05, 4.69) is 59.2 Å². The van der Waals surface area contributed by atoms with E-state index in [0.29, 0.717) is 45.6 Å². The van der Waals surface area contributed by atoms with Crippen LogP contribution in [0.2, 0.25) is 0 Å². The molecule has 0 atom stereocenters. The zero-order valence-corrected chi connectivity index (χ0v) is 21.8. The van der Waals surface area contributed by atoms with Gasteiger partial charge in [0.1, 0.15) is 5.82 Å². The molecule has 1 aliphatic rings. The maximum absolute atomic E-state index is 13.0. The molecule has 0 aliphatic carbocycles. The van der Waals surface area contributed by atoms with Crippen molar-refractivity contribution in [1.82, 2.24) is 14.3 Å². The molecule has 36 heavy (non-hydrogen) atoms. The molecule has 190 valence electrons. The maximum atomic E-state index is 13.0. The van der Waals surface area contributed by atoms with Crippen LogP contribution in [0, 0.1) is 17.0 Å². The third-order valence-electron chi connectivity index (χ3n) is 6.43. The second-order valence-electron chi connectivity index (χ2n) is 9.33. The van der Waals surface area contributed by atoms with Crippen molar-refractivity contribution in [3.05, 3.63) is 75.6 Å². The van der Waals surface area contributed by atoms with Crippen molar-refractivity contribution in [3.8, 4) is 0 Å².